The number of hydrogen-bond donors (Lipinski definition) is 1. The molecule has 1 aliphatic heterocycles. The van der Waals surface area contributed by atoms with Crippen molar-refractivity contribution in [2.24, 2.45) is 5.41 Å². The van der Waals surface area contributed by atoms with E-state index in [0.717, 1.165) is 0 Å². The second kappa shape index (κ2) is 5.55. The van der Waals surface area contributed by atoms with Crippen LogP contribution in [0.4, 0.5) is 0 Å². The minimum atomic E-state index is -1.57. The van der Waals surface area contributed by atoms with Crippen molar-refractivity contribution in [3.05, 3.63) is 63.0 Å². The Bertz CT molecular complexity index is 763. The van der Waals surface area contributed by atoms with E-state index in [0.29, 0.717) is 34.1 Å². The zero-order valence-electron chi connectivity index (χ0n) is 12.8. The van der Waals surface area contributed by atoms with Crippen molar-refractivity contribution in [2.75, 3.05) is 6.61 Å². The molecular formula is C17H17Cl2NO3. The zero-order chi connectivity index (χ0) is 16.8. The van der Waals surface area contributed by atoms with Gasteiger partial charge in [0.2, 0.25) is 5.69 Å². The minimum Gasteiger partial charge on any atom is -0.618 e. The van der Waals surface area contributed by atoms with Crippen LogP contribution in [-0.2, 0) is 5.60 Å². The van der Waals surface area contributed by atoms with Gasteiger partial charge in [-0.2, -0.15) is 4.73 Å². The highest BCUT2D eigenvalue weighted by atomic mass is 35.5. The molecule has 0 spiro atoms. The third kappa shape index (κ3) is 2.87. The zero-order valence-corrected chi connectivity index (χ0v) is 14.4. The number of fused-ring (bicyclic) bond motifs is 1. The maximum absolute atomic E-state index is 12.3. The average molecular weight is 354 g/mol. The molecule has 0 aliphatic carbocycles. The Hall–Kier alpha value is -1.49. The van der Waals surface area contributed by atoms with Gasteiger partial charge in [-0.15, -0.1) is 0 Å². The summed E-state index contributed by atoms with van der Waals surface area (Å²) in [6.07, 6.45) is 1.65. The van der Waals surface area contributed by atoms with E-state index in [1.807, 2.05) is 13.8 Å². The Morgan fingerprint density at radius 2 is 2.00 bits per heavy atom. The molecule has 0 amide bonds. The highest BCUT2D eigenvalue weighted by Crippen LogP contribution is 2.49. The molecule has 1 atom stereocenters. The molecule has 3 rings (SSSR count). The van der Waals surface area contributed by atoms with Gasteiger partial charge in [-0.05, 0) is 24.6 Å². The van der Waals surface area contributed by atoms with Gasteiger partial charge < -0.3 is 15.1 Å². The summed E-state index contributed by atoms with van der Waals surface area (Å²) in [5.74, 6) is 0.402. The van der Waals surface area contributed by atoms with Crippen LogP contribution in [-0.4, -0.2) is 11.7 Å². The quantitative estimate of drug-likeness (QED) is 0.628. The van der Waals surface area contributed by atoms with Gasteiger partial charge in [0.1, 0.15) is 5.75 Å². The van der Waals surface area contributed by atoms with E-state index in [9.17, 15) is 10.3 Å². The third-order valence-corrected chi connectivity index (χ3v) is 4.55. The Morgan fingerprint density at radius 3 is 2.70 bits per heavy atom. The van der Waals surface area contributed by atoms with E-state index >= 15 is 0 Å². The van der Waals surface area contributed by atoms with Gasteiger partial charge >= 0.3 is 0 Å². The van der Waals surface area contributed by atoms with Crippen molar-refractivity contribution in [3.8, 4) is 5.75 Å². The maximum Gasteiger partial charge on any atom is 0.229 e. The van der Waals surface area contributed by atoms with Gasteiger partial charge in [-0.3, -0.25) is 0 Å². The predicted octanol–water partition coefficient (Wildman–Crippen LogP) is 3.67. The fraction of sp³-hybridized carbons (Fsp3) is 0.353. The predicted molar refractivity (Wildman–Crippen MR) is 88.8 cm³/mol. The lowest BCUT2D eigenvalue weighted by molar-refractivity contribution is -0.622. The first-order chi connectivity index (χ1) is 10.7. The summed E-state index contributed by atoms with van der Waals surface area (Å²) in [6.45, 7) is 4.32. The highest BCUT2D eigenvalue weighted by Gasteiger charge is 2.48. The fourth-order valence-electron chi connectivity index (χ4n) is 3.14. The Morgan fingerprint density at radius 1 is 1.26 bits per heavy atom. The lowest BCUT2D eigenvalue weighted by Gasteiger charge is -2.32. The highest BCUT2D eigenvalue weighted by molar-refractivity contribution is 6.35. The molecule has 0 saturated heterocycles. The molecule has 1 unspecified atom stereocenters. The van der Waals surface area contributed by atoms with E-state index in [1.54, 1.807) is 30.3 Å². The molecule has 6 heteroatoms. The van der Waals surface area contributed by atoms with Crippen molar-refractivity contribution >= 4 is 23.2 Å². The number of hydrogen-bond acceptors (Lipinski definition) is 3. The summed E-state index contributed by atoms with van der Waals surface area (Å²) < 4.78 is 6.50. The number of halogens is 2. The topological polar surface area (TPSA) is 56.4 Å². The van der Waals surface area contributed by atoms with Crippen LogP contribution in [0, 0.1) is 10.6 Å². The number of rotatable bonds is 1. The molecule has 1 aromatic carbocycles. The molecule has 2 aromatic rings. The summed E-state index contributed by atoms with van der Waals surface area (Å²) >= 11 is 12.4. The first kappa shape index (κ1) is 16.4. The summed E-state index contributed by atoms with van der Waals surface area (Å²) in [5, 5.41) is 24.5. The van der Waals surface area contributed by atoms with Crippen molar-refractivity contribution in [1.29, 1.82) is 0 Å². The van der Waals surface area contributed by atoms with E-state index in [1.165, 1.54) is 6.20 Å². The van der Waals surface area contributed by atoms with Gasteiger partial charge in [-0.25, -0.2) is 0 Å². The summed E-state index contributed by atoms with van der Waals surface area (Å²) in [7, 11) is 0. The number of aliphatic hydroxyl groups is 1. The van der Waals surface area contributed by atoms with Crippen molar-refractivity contribution in [3.63, 3.8) is 0 Å². The Balaban J connectivity index is 2.32. The normalized spacial score (nSPS) is 22.8. The first-order valence-corrected chi connectivity index (χ1v) is 8.02. The second-order valence-corrected chi connectivity index (χ2v) is 7.51. The molecule has 0 bridgehead atoms. The largest absolute Gasteiger partial charge is 0.618 e. The van der Waals surface area contributed by atoms with Crippen molar-refractivity contribution < 1.29 is 14.6 Å². The lowest BCUT2D eigenvalue weighted by atomic mass is 9.76. The van der Waals surface area contributed by atoms with Crippen LogP contribution in [0.1, 0.15) is 31.5 Å². The van der Waals surface area contributed by atoms with E-state index < -0.39 is 5.60 Å². The van der Waals surface area contributed by atoms with Crippen LogP contribution in [0.15, 0.2) is 36.5 Å². The monoisotopic (exact) mass is 353 g/mol. The van der Waals surface area contributed by atoms with E-state index in [-0.39, 0.29) is 16.1 Å². The number of nitrogens with zero attached hydrogens (tertiary/aromatic N) is 1. The van der Waals surface area contributed by atoms with Crippen molar-refractivity contribution in [1.82, 2.24) is 0 Å². The minimum absolute atomic E-state index is 0.212. The number of aromatic nitrogens is 1. The second-order valence-electron chi connectivity index (χ2n) is 6.66. The molecule has 122 valence electrons. The molecular weight excluding hydrogens is 337 g/mol. The van der Waals surface area contributed by atoms with Crippen LogP contribution in [0.3, 0.4) is 0 Å². The van der Waals surface area contributed by atoms with Gasteiger partial charge in [0.15, 0.2) is 11.8 Å². The summed E-state index contributed by atoms with van der Waals surface area (Å²) in [5.41, 5.74) is -1.35. The molecule has 1 aliphatic rings. The third-order valence-electron chi connectivity index (χ3n) is 4.03. The van der Waals surface area contributed by atoms with Crippen LogP contribution >= 0.6 is 23.2 Å². The molecule has 1 aromatic heterocycles. The summed E-state index contributed by atoms with van der Waals surface area (Å²) in [4.78, 5) is 0. The average Bonchev–Trinajstić information content (AvgIpc) is 2.53. The first-order valence-electron chi connectivity index (χ1n) is 7.26. The van der Waals surface area contributed by atoms with E-state index in [2.05, 4.69) is 0 Å². The summed E-state index contributed by atoms with van der Waals surface area (Å²) in [6, 6.07) is 8.09. The van der Waals surface area contributed by atoms with Gasteiger partial charge in [0.25, 0.3) is 0 Å². The molecule has 4 nitrogen and oxygen atoms in total. The SMILES string of the molecule is CC1(C)COc2cc(Cl)cc(Cl)c2C(O)(c2cccc[n+]2[O-])C1. The number of pyridine rings is 1. The molecule has 23 heavy (non-hydrogen) atoms. The fourth-order valence-corrected chi connectivity index (χ4v) is 3.77. The molecule has 0 saturated carbocycles. The molecule has 0 radical (unpaired) electrons. The van der Waals surface area contributed by atoms with Crippen molar-refractivity contribution in [2.45, 2.75) is 25.9 Å². The van der Waals surface area contributed by atoms with Crippen LogP contribution in [0.2, 0.25) is 10.0 Å². The van der Waals surface area contributed by atoms with Crippen LogP contribution < -0.4 is 9.47 Å². The smallest absolute Gasteiger partial charge is 0.229 e. The maximum atomic E-state index is 12.3. The molecule has 1 N–H and O–H groups in total. The van der Waals surface area contributed by atoms with E-state index in [4.69, 9.17) is 27.9 Å². The molecule has 2 heterocycles. The number of ether oxygens (including phenoxy) is 1. The Labute approximate surface area is 144 Å². The molecule has 0 fully saturated rings. The standard InChI is InChI=1S/C17H17Cl2NO3/c1-16(2)9-17(21,14-5-3-4-6-20(14)22)15-12(19)7-11(18)8-13(15)23-10-16/h3-8,21H,9-10H2,1-2H3. The van der Waals surface area contributed by atoms with Crippen LogP contribution in [0.5, 0.6) is 5.75 Å². The van der Waals surface area contributed by atoms with Gasteiger partial charge in [0.05, 0.1) is 17.2 Å². The van der Waals surface area contributed by atoms with Gasteiger partial charge in [0, 0.05) is 22.6 Å². The van der Waals surface area contributed by atoms with Crippen LogP contribution in [0.25, 0.3) is 0 Å². The lowest BCUT2D eigenvalue weighted by Crippen LogP contribution is -2.44. The van der Waals surface area contributed by atoms with Gasteiger partial charge in [-0.1, -0.05) is 37.0 Å². The number of benzene rings is 1. The Kier molecular flexibility index (Phi) is 3.95.